The van der Waals surface area contributed by atoms with Crippen LogP contribution >= 0.6 is 15.9 Å². The first-order valence-corrected chi connectivity index (χ1v) is 5.61. The molecule has 0 atom stereocenters. The van der Waals surface area contributed by atoms with Crippen LogP contribution in [0.5, 0.6) is 0 Å². The maximum atomic E-state index is 11.4. The monoisotopic (exact) mass is 337 g/mol. The van der Waals surface area contributed by atoms with Crippen LogP contribution in [0.25, 0.3) is 0 Å². The molecule has 19 heavy (non-hydrogen) atoms. The summed E-state index contributed by atoms with van der Waals surface area (Å²) in [5.74, 6) is -1.46. The molecular formula is C8H8BrN3O7. The van der Waals surface area contributed by atoms with Gasteiger partial charge in [0.25, 0.3) is 11.0 Å². The quantitative estimate of drug-likeness (QED) is 0.316. The van der Waals surface area contributed by atoms with E-state index in [0.717, 1.165) is 0 Å². The van der Waals surface area contributed by atoms with Crippen molar-refractivity contribution in [3.8, 4) is 0 Å². The van der Waals surface area contributed by atoms with Gasteiger partial charge in [-0.1, -0.05) is 5.16 Å². The molecule has 11 heteroatoms. The molecule has 0 aliphatic carbocycles. The van der Waals surface area contributed by atoms with Crippen LogP contribution in [0, 0.1) is 10.1 Å². The minimum Gasteiger partial charge on any atom is -0.451 e. The molecule has 1 aromatic rings. The summed E-state index contributed by atoms with van der Waals surface area (Å²) in [6.45, 7) is -0.914. The zero-order chi connectivity index (χ0) is 14.3. The predicted octanol–water partition coefficient (Wildman–Crippen LogP) is -0.0816. The minimum atomic E-state index is -0.978. The van der Waals surface area contributed by atoms with E-state index in [9.17, 15) is 19.7 Å². The highest BCUT2D eigenvalue weighted by molar-refractivity contribution is 9.10. The summed E-state index contributed by atoms with van der Waals surface area (Å²) in [6.07, 6.45) is 1.19. The zero-order valence-corrected chi connectivity index (χ0v) is 10.9. The number of rotatable bonds is 7. The molecule has 0 radical (unpaired) electrons. The molecule has 0 aliphatic heterocycles. The molecule has 10 nitrogen and oxygen atoms in total. The van der Waals surface area contributed by atoms with Gasteiger partial charge in [-0.05, 0) is 15.9 Å². The first-order chi connectivity index (χ1) is 9.00. The summed E-state index contributed by atoms with van der Waals surface area (Å²) in [5.41, 5.74) is -0.0931. The van der Waals surface area contributed by atoms with Crippen LogP contribution in [-0.2, 0) is 14.4 Å². The average Bonchev–Trinajstić information content (AvgIpc) is 2.78. The molecule has 1 aromatic heterocycles. The Bertz CT molecular complexity index is 475. The number of halogens is 1. The molecule has 1 amide bonds. The predicted molar refractivity (Wildman–Crippen MR) is 60.4 cm³/mol. The first kappa shape index (κ1) is 14.9. The Balaban J connectivity index is 2.22. The maximum Gasteiger partial charge on any atom is 0.362 e. The second-order valence-electron chi connectivity index (χ2n) is 2.99. The second kappa shape index (κ2) is 7.31. The lowest BCUT2D eigenvalue weighted by atomic mass is 10.4. The highest BCUT2D eigenvalue weighted by Gasteiger charge is 2.17. The highest BCUT2D eigenvalue weighted by Crippen LogP contribution is 2.15. The van der Waals surface area contributed by atoms with Crippen molar-refractivity contribution in [2.75, 3.05) is 19.8 Å². The normalized spacial score (nSPS) is 9.74. The number of carbonyl (C=O) groups excluding carboxylic acids is 2. The van der Waals surface area contributed by atoms with Crippen molar-refractivity contribution < 1.29 is 28.8 Å². The van der Waals surface area contributed by atoms with Gasteiger partial charge in [0.1, 0.15) is 12.9 Å². The van der Waals surface area contributed by atoms with Crippen molar-refractivity contribution in [2.45, 2.75) is 0 Å². The van der Waals surface area contributed by atoms with Crippen LogP contribution in [0.3, 0.4) is 0 Å². The SMILES string of the molecule is O=C(COC(=O)c1nocc1Br)NCCO[N+](=O)[O-]. The van der Waals surface area contributed by atoms with Crippen molar-refractivity contribution in [3.63, 3.8) is 0 Å². The Morgan fingerprint density at radius 1 is 1.58 bits per heavy atom. The Morgan fingerprint density at radius 2 is 2.32 bits per heavy atom. The summed E-state index contributed by atoms with van der Waals surface area (Å²) in [6, 6.07) is 0. The molecule has 0 fully saturated rings. The van der Waals surface area contributed by atoms with Gasteiger partial charge in [0.15, 0.2) is 6.61 Å². The number of esters is 1. The number of hydrogen-bond acceptors (Lipinski definition) is 8. The van der Waals surface area contributed by atoms with E-state index in [0.29, 0.717) is 4.47 Å². The topological polar surface area (TPSA) is 134 Å². The molecule has 0 saturated carbocycles. The molecule has 1 N–H and O–H groups in total. The fraction of sp³-hybridized carbons (Fsp3) is 0.375. The number of nitrogens with one attached hydrogen (secondary N) is 1. The standard InChI is InChI=1S/C8H8BrN3O7/c9-5-3-18-11-7(5)8(14)17-4-6(13)10-1-2-19-12(15)16/h3H,1-2,4H2,(H,10,13). The van der Waals surface area contributed by atoms with Gasteiger partial charge in [0, 0.05) is 6.54 Å². The van der Waals surface area contributed by atoms with E-state index in [1.807, 2.05) is 0 Å². The van der Waals surface area contributed by atoms with E-state index in [-0.39, 0.29) is 18.8 Å². The van der Waals surface area contributed by atoms with Gasteiger partial charge in [-0.3, -0.25) is 4.79 Å². The Kier molecular flexibility index (Phi) is 5.73. The summed E-state index contributed by atoms with van der Waals surface area (Å²) >= 11 is 3.00. The smallest absolute Gasteiger partial charge is 0.362 e. The lowest BCUT2D eigenvalue weighted by Gasteiger charge is -2.04. The van der Waals surface area contributed by atoms with Crippen molar-refractivity contribution >= 4 is 27.8 Å². The highest BCUT2D eigenvalue weighted by atomic mass is 79.9. The number of hydrogen-bond donors (Lipinski definition) is 1. The third-order valence-electron chi connectivity index (χ3n) is 1.68. The van der Waals surface area contributed by atoms with E-state index in [2.05, 4.69) is 40.5 Å². The molecule has 1 heterocycles. The third-order valence-corrected chi connectivity index (χ3v) is 2.24. The molecule has 0 bridgehead atoms. The lowest BCUT2D eigenvalue weighted by molar-refractivity contribution is -0.757. The summed E-state index contributed by atoms with van der Waals surface area (Å²) in [4.78, 5) is 36.3. The van der Waals surface area contributed by atoms with E-state index in [4.69, 9.17) is 0 Å². The molecule has 0 aromatic carbocycles. The van der Waals surface area contributed by atoms with Gasteiger partial charge in [0.2, 0.25) is 5.69 Å². The first-order valence-electron chi connectivity index (χ1n) is 4.81. The second-order valence-corrected chi connectivity index (χ2v) is 3.85. The largest absolute Gasteiger partial charge is 0.451 e. The van der Waals surface area contributed by atoms with Crippen molar-refractivity contribution in [1.29, 1.82) is 0 Å². The molecular weight excluding hydrogens is 330 g/mol. The van der Waals surface area contributed by atoms with Gasteiger partial charge < -0.3 is 19.4 Å². The molecule has 0 unspecified atom stereocenters. The van der Waals surface area contributed by atoms with Gasteiger partial charge in [0.05, 0.1) is 4.47 Å². The van der Waals surface area contributed by atoms with E-state index >= 15 is 0 Å². The van der Waals surface area contributed by atoms with Gasteiger partial charge >= 0.3 is 5.97 Å². The number of ether oxygens (including phenoxy) is 1. The number of nitrogens with zero attached hydrogens (tertiary/aromatic N) is 2. The fourth-order valence-electron chi connectivity index (χ4n) is 0.921. The summed E-state index contributed by atoms with van der Waals surface area (Å²) in [7, 11) is 0. The van der Waals surface area contributed by atoms with Crippen LogP contribution in [0.15, 0.2) is 15.3 Å². The minimum absolute atomic E-state index is 0.0784. The Hall–Kier alpha value is -2.17. The van der Waals surface area contributed by atoms with Crippen LogP contribution in [0.4, 0.5) is 0 Å². The van der Waals surface area contributed by atoms with Gasteiger partial charge in [-0.15, -0.1) is 10.1 Å². The van der Waals surface area contributed by atoms with E-state index < -0.39 is 23.6 Å². The summed E-state index contributed by atoms with van der Waals surface area (Å²) in [5, 5.41) is 14.4. The Labute approximate surface area is 114 Å². The molecule has 0 spiro atoms. The zero-order valence-electron chi connectivity index (χ0n) is 9.33. The summed E-state index contributed by atoms with van der Waals surface area (Å²) < 4.78 is 9.43. The van der Waals surface area contributed by atoms with Crippen LogP contribution < -0.4 is 5.32 Å². The number of carbonyl (C=O) groups is 2. The maximum absolute atomic E-state index is 11.4. The molecule has 1 rings (SSSR count). The van der Waals surface area contributed by atoms with Crippen molar-refractivity contribution in [3.05, 3.63) is 26.5 Å². The van der Waals surface area contributed by atoms with Gasteiger partial charge in [-0.2, -0.15) is 0 Å². The van der Waals surface area contributed by atoms with E-state index in [1.165, 1.54) is 6.26 Å². The van der Waals surface area contributed by atoms with E-state index in [1.54, 1.807) is 0 Å². The number of aromatic nitrogens is 1. The van der Waals surface area contributed by atoms with Crippen LogP contribution in [-0.4, -0.2) is 41.9 Å². The molecule has 0 saturated heterocycles. The Morgan fingerprint density at radius 3 is 2.89 bits per heavy atom. The molecule has 0 aliphatic rings. The third kappa shape index (κ3) is 5.33. The van der Waals surface area contributed by atoms with Crippen LogP contribution in [0.2, 0.25) is 0 Å². The van der Waals surface area contributed by atoms with Crippen molar-refractivity contribution in [2.24, 2.45) is 0 Å². The fourth-order valence-corrected chi connectivity index (χ4v) is 1.24. The lowest BCUT2D eigenvalue weighted by Crippen LogP contribution is -2.32. The van der Waals surface area contributed by atoms with Gasteiger partial charge in [-0.25, -0.2) is 4.79 Å². The average molecular weight is 338 g/mol. The van der Waals surface area contributed by atoms with Crippen molar-refractivity contribution in [1.82, 2.24) is 10.5 Å². The van der Waals surface area contributed by atoms with Crippen LogP contribution in [0.1, 0.15) is 10.5 Å². The molecule has 104 valence electrons. The number of amides is 1.